The average molecular weight is 303 g/mol. The highest BCUT2D eigenvalue weighted by atomic mass is 32.1. The van der Waals surface area contributed by atoms with Gasteiger partial charge in [0.05, 0.1) is 16.8 Å². The van der Waals surface area contributed by atoms with Crippen molar-refractivity contribution in [3.05, 3.63) is 29.3 Å². The SMILES string of the molecule is CCCC1CN(Cc2nc3ccccc3s2)C(CC)CN1. The summed E-state index contributed by atoms with van der Waals surface area (Å²) in [4.78, 5) is 7.44. The fourth-order valence-corrected chi connectivity index (χ4v) is 4.22. The van der Waals surface area contributed by atoms with Gasteiger partial charge in [-0.25, -0.2) is 4.98 Å². The second-order valence-corrected chi connectivity index (χ2v) is 7.08. The largest absolute Gasteiger partial charge is 0.311 e. The Labute approximate surface area is 131 Å². The molecule has 1 N–H and O–H groups in total. The summed E-state index contributed by atoms with van der Waals surface area (Å²) in [6.45, 7) is 7.83. The van der Waals surface area contributed by atoms with Crippen LogP contribution in [-0.4, -0.2) is 35.1 Å². The summed E-state index contributed by atoms with van der Waals surface area (Å²) >= 11 is 1.84. The van der Waals surface area contributed by atoms with E-state index in [1.165, 1.54) is 29.0 Å². The molecule has 0 saturated carbocycles. The molecule has 1 aromatic carbocycles. The van der Waals surface area contributed by atoms with Crippen LogP contribution in [0.2, 0.25) is 0 Å². The number of para-hydroxylation sites is 1. The van der Waals surface area contributed by atoms with Crippen LogP contribution in [-0.2, 0) is 6.54 Å². The standard InChI is InChI=1S/C17H25N3S/c1-3-7-13-11-20(14(4-2)10-18-13)12-17-19-15-8-5-6-9-16(15)21-17/h5-6,8-9,13-14,18H,3-4,7,10-12H2,1-2H3. The van der Waals surface area contributed by atoms with Crippen LogP contribution >= 0.6 is 11.3 Å². The molecule has 4 heteroatoms. The van der Waals surface area contributed by atoms with Gasteiger partial charge in [0.2, 0.25) is 0 Å². The van der Waals surface area contributed by atoms with Crippen molar-refractivity contribution in [2.75, 3.05) is 13.1 Å². The van der Waals surface area contributed by atoms with E-state index in [4.69, 9.17) is 4.98 Å². The number of nitrogens with one attached hydrogen (secondary N) is 1. The molecule has 0 aliphatic carbocycles. The zero-order valence-electron chi connectivity index (χ0n) is 13.0. The van der Waals surface area contributed by atoms with Crippen molar-refractivity contribution in [2.45, 2.75) is 51.7 Å². The third kappa shape index (κ3) is 3.44. The molecule has 114 valence electrons. The van der Waals surface area contributed by atoms with Crippen molar-refractivity contribution >= 4 is 21.6 Å². The monoisotopic (exact) mass is 303 g/mol. The minimum absolute atomic E-state index is 0.644. The Morgan fingerprint density at radius 2 is 2.19 bits per heavy atom. The molecule has 3 nitrogen and oxygen atoms in total. The van der Waals surface area contributed by atoms with Gasteiger partial charge < -0.3 is 5.32 Å². The molecule has 1 saturated heterocycles. The number of benzene rings is 1. The number of thiazole rings is 1. The Kier molecular flexibility index (Phi) is 4.88. The lowest BCUT2D eigenvalue weighted by Gasteiger charge is -2.39. The molecule has 1 aliphatic heterocycles. The number of piperazine rings is 1. The van der Waals surface area contributed by atoms with Crippen LogP contribution < -0.4 is 5.32 Å². The van der Waals surface area contributed by atoms with Crippen molar-refractivity contribution in [3.63, 3.8) is 0 Å². The second-order valence-electron chi connectivity index (χ2n) is 5.96. The van der Waals surface area contributed by atoms with E-state index in [0.717, 1.165) is 25.2 Å². The summed E-state index contributed by atoms with van der Waals surface area (Å²) in [5.41, 5.74) is 1.14. The van der Waals surface area contributed by atoms with E-state index in [1.54, 1.807) is 0 Å². The molecule has 2 atom stereocenters. The van der Waals surface area contributed by atoms with E-state index in [9.17, 15) is 0 Å². The number of hydrogen-bond donors (Lipinski definition) is 1. The lowest BCUT2D eigenvalue weighted by atomic mass is 10.0. The highest BCUT2D eigenvalue weighted by Crippen LogP contribution is 2.24. The van der Waals surface area contributed by atoms with Gasteiger partial charge in [-0.15, -0.1) is 11.3 Å². The highest BCUT2D eigenvalue weighted by Gasteiger charge is 2.26. The highest BCUT2D eigenvalue weighted by molar-refractivity contribution is 7.18. The number of hydrogen-bond acceptors (Lipinski definition) is 4. The van der Waals surface area contributed by atoms with E-state index < -0.39 is 0 Å². The molecule has 0 radical (unpaired) electrons. The van der Waals surface area contributed by atoms with Crippen molar-refractivity contribution in [1.29, 1.82) is 0 Å². The van der Waals surface area contributed by atoms with Crippen molar-refractivity contribution < 1.29 is 0 Å². The van der Waals surface area contributed by atoms with Gasteiger partial charge in [-0.3, -0.25) is 4.90 Å². The van der Waals surface area contributed by atoms with Gasteiger partial charge in [-0.05, 0) is 25.0 Å². The van der Waals surface area contributed by atoms with Crippen LogP contribution in [0.3, 0.4) is 0 Å². The molecule has 1 aromatic heterocycles. The van der Waals surface area contributed by atoms with Crippen LogP contribution in [0.4, 0.5) is 0 Å². The maximum Gasteiger partial charge on any atom is 0.108 e. The molecule has 1 aliphatic rings. The fraction of sp³-hybridized carbons (Fsp3) is 0.588. The summed E-state index contributed by atoms with van der Waals surface area (Å²) in [7, 11) is 0. The molecule has 21 heavy (non-hydrogen) atoms. The van der Waals surface area contributed by atoms with Gasteiger partial charge in [0, 0.05) is 25.2 Å². The Morgan fingerprint density at radius 1 is 1.33 bits per heavy atom. The molecule has 3 rings (SSSR count). The molecule has 2 unspecified atom stereocenters. The Bertz CT molecular complexity index is 547. The van der Waals surface area contributed by atoms with Crippen LogP contribution in [0.25, 0.3) is 10.2 Å². The van der Waals surface area contributed by atoms with Crippen molar-refractivity contribution in [1.82, 2.24) is 15.2 Å². The van der Waals surface area contributed by atoms with Gasteiger partial charge in [0.25, 0.3) is 0 Å². The van der Waals surface area contributed by atoms with Crippen LogP contribution in [0.5, 0.6) is 0 Å². The topological polar surface area (TPSA) is 28.2 Å². The van der Waals surface area contributed by atoms with E-state index in [1.807, 2.05) is 11.3 Å². The first-order valence-corrected chi connectivity index (χ1v) is 8.93. The van der Waals surface area contributed by atoms with Gasteiger partial charge in [-0.1, -0.05) is 32.4 Å². The molecule has 0 spiro atoms. The first-order valence-electron chi connectivity index (χ1n) is 8.12. The van der Waals surface area contributed by atoms with Crippen molar-refractivity contribution in [3.8, 4) is 0 Å². The summed E-state index contributed by atoms with van der Waals surface area (Å²) in [6, 6.07) is 9.75. The van der Waals surface area contributed by atoms with Crippen LogP contribution in [0.15, 0.2) is 24.3 Å². The summed E-state index contributed by atoms with van der Waals surface area (Å²) in [5.74, 6) is 0. The van der Waals surface area contributed by atoms with E-state index >= 15 is 0 Å². The third-order valence-corrected chi connectivity index (χ3v) is 5.42. The van der Waals surface area contributed by atoms with Gasteiger partial charge in [-0.2, -0.15) is 0 Å². The third-order valence-electron chi connectivity index (χ3n) is 4.40. The number of rotatable bonds is 5. The summed E-state index contributed by atoms with van der Waals surface area (Å²) < 4.78 is 1.31. The first kappa shape index (κ1) is 14.9. The smallest absolute Gasteiger partial charge is 0.108 e. The molecular formula is C17H25N3S. The predicted molar refractivity (Wildman–Crippen MR) is 90.8 cm³/mol. The molecule has 2 aromatic rings. The first-order chi connectivity index (χ1) is 10.3. The van der Waals surface area contributed by atoms with E-state index in [-0.39, 0.29) is 0 Å². The Balaban J connectivity index is 1.73. The van der Waals surface area contributed by atoms with Crippen LogP contribution in [0.1, 0.15) is 38.1 Å². The van der Waals surface area contributed by atoms with Crippen molar-refractivity contribution in [2.24, 2.45) is 0 Å². The Hall–Kier alpha value is -0.970. The molecular weight excluding hydrogens is 278 g/mol. The lowest BCUT2D eigenvalue weighted by molar-refractivity contribution is 0.115. The maximum absolute atomic E-state index is 4.80. The normalized spacial score (nSPS) is 23.7. The van der Waals surface area contributed by atoms with Gasteiger partial charge >= 0.3 is 0 Å². The summed E-state index contributed by atoms with van der Waals surface area (Å²) in [6.07, 6.45) is 3.73. The molecule has 2 heterocycles. The van der Waals surface area contributed by atoms with Crippen LogP contribution in [0, 0.1) is 0 Å². The fourth-order valence-electron chi connectivity index (χ4n) is 3.23. The quantitative estimate of drug-likeness (QED) is 0.914. The molecule has 1 fully saturated rings. The van der Waals surface area contributed by atoms with Gasteiger partial charge in [0.15, 0.2) is 0 Å². The van der Waals surface area contributed by atoms with Gasteiger partial charge in [0.1, 0.15) is 5.01 Å². The second kappa shape index (κ2) is 6.86. The predicted octanol–water partition coefficient (Wildman–Crippen LogP) is 3.65. The maximum atomic E-state index is 4.80. The summed E-state index contributed by atoms with van der Waals surface area (Å²) in [5, 5.41) is 4.96. The lowest BCUT2D eigenvalue weighted by Crippen LogP contribution is -2.55. The molecule has 0 bridgehead atoms. The number of aromatic nitrogens is 1. The number of nitrogens with zero attached hydrogens (tertiary/aromatic N) is 2. The zero-order chi connectivity index (χ0) is 14.7. The molecule has 0 amide bonds. The minimum Gasteiger partial charge on any atom is -0.311 e. The average Bonchev–Trinajstić information content (AvgIpc) is 2.90. The van der Waals surface area contributed by atoms with E-state index in [0.29, 0.717) is 12.1 Å². The van der Waals surface area contributed by atoms with E-state index in [2.05, 4.69) is 48.3 Å². The minimum atomic E-state index is 0.644. The number of fused-ring (bicyclic) bond motifs is 1. The zero-order valence-corrected chi connectivity index (χ0v) is 13.8. The Morgan fingerprint density at radius 3 is 2.95 bits per heavy atom.